The van der Waals surface area contributed by atoms with Gasteiger partial charge in [-0.25, -0.2) is 4.79 Å². The number of carbonyl (C=O) groups is 1. The molecule has 2 saturated heterocycles. The molecule has 7 heteroatoms. The molecular weight excluding hydrogens is 356 g/mol. The van der Waals surface area contributed by atoms with Gasteiger partial charge in [-0.3, -0.25) is 9.78 Å². The second kappa shape index (κ2) is 8.49. The monoisotopic (exact) mass is 386 g/mol. The van der Waals surface area contributed by atoms with Crippen LogP contribution in [0.3, 0.4) is 0 Å². The van der Waals surface area contributed by atoms with Crippen molar-refractivity contribution in [2.24, 2.45) is 0 Å². The van der Waals surface area contributed by atoms with Crippen LogP contribution in [0.1, 0.15) is 37.7 Å². The number of nitrogens with one attached hydrogen (secondary N) is 2. The van der Waals surface area contributed by atoms with Gasteiger partial charge in [-0.15, -0.1) is 0 Å². The van der Waals surface area contributed by atoms with Gasteiger partial charge < -0.3 is 19.5 Å². The number of aromatic amines is 1. The van der Waals surface area contributed by atoms with Crippen LogP contribution < -0.4 is 11.1 Å². The van der Waals surface area contributed by atoms with E-state index in [0.29, 0.717) is 23.6 Å². The zero-order valence-electron chi connectivity index (χ0n) is 16.6. The predicted octanol–water partition coefficient (Wildman–Crippen LogP) is 1.73. The summed E-state index contributed by atoms with van der Waals surface area (Å²) < 4.78 is 5.14. The molecule has 0 radical (unpaired) electrons. The smallest absolute Gasteiger partial charge is 0.408 e. The van der Waals surface area contributed by atoms with Crippen molar-refractivity contribution in [3.05, 3.63) is 34.3 Å². The minimum absolute atomic E-state index is 0.162. The Kier molecular flexibility index (Phi) is 5.82. The van der Waals surface area contributed by atoms with Crippen LogP contribution in [-0.2, 0) is 11.2 Å². The number of piperidine rings is 2. The van der Waals surface area contributed by atoms with E-state index in [9.17, 15) is 9.59 Å². The first kappa shape index (κ1) is 19.2. The summed E-state index contributed by atoms with van der Waals surface area (Å²) in [5.41, 5.74) is 2.19. The maximum Gasteiger partial charge on any atom is 0.417 e. The fourth-order valence-corrected chi connectivity index (χ4v) is 4.62. The number of rotatable bonds is 5. The molecule has 0 unspecified atom stereocenters. The highest BCUT2D eigenvalue weighted by molar-refractivity contribution is 5.82. The Bertz CT molecular complexity index is 860. The van der Waals surface area contributed by atoms with E-state index in [1.54, 1.807) is 0 Å². The summed E-state index contributed by atoms with van der Waals surface area (Å²) in [5, 5.41) is 3.17. The van der Waals surface area contributed by atoms with Crippen molar-refractivity contribution in [3.8, 4) is 0 Å². The molecule has 28 heavy (non-hydrogen) atoms. The number of benzene rings is 1. The molecule has 0 spiro atoms. The van der Waals surface area contributed by atoms with Gasteiger partial charge in [0.05, 0.1) is 11.6 Å². The summed E-state index contributed by atoms with van der Waals surface area (Å²) in [6, 6.07) is 5.98. The lowest BCUT2D eigenvalue weighted by atomic mass is 9.98. The first-order valence-corrected chi connectivity index (χ1v) is 10.5. The van der Waals surface area contributed by atoms with Crippen molar-refractivity contribution in [3.63, 3.8) is 0 Å². The summed E-state index contributed by atoms with van der Waals surface area (Å²) >= 11 is 0. The van der Waals surface area contributed by atoms with E-state index >= 15 is 0 Å². The minimum Gasteiger partial charge on any atom is -0.408 e. The number of hydrogen-bond acceptors (Lipinski definition) is 5. The normalized spacial score (nSPS) is 20.5. The molecule has 1 aromatic heterocycles. The van der Waals surface area contributed by atoms with E-state index in [4.69, 9.17) is 4.42 Å². The van der Waals surface area contributed by atoms with Gasteiger partial charge in [0.2, 0.25) is 5.91 Å². The van der Waals surface area contributed by atoms with E-state index in [1.165, 1.54) is 32.4 Å². The van der Waals surface area contributed by atoms with Crippen LogP contribution >= 0.6 is 0 Å². The number of carbonyl (C=O) groups excluding carboxylic acids is 1. The first-order chi connectivity index (χ1) is 13.6. The van der Waals surface area contributed by atoms with Gasteiger partial charge in [0, 0.05) is 19.1 Å². The number of nitrogens with zero attached hydrogens (tertiary/aromatic N) is 2. The molecule has 2 aromatic rings. The summed E-state index contributed by atoms with van der Waals surface area (Å²) in [7, 11) is 1.83. The quantitative estimate of drug-likeness (QED) is 0.818. The second-order valence-electron chi connectivity index (χ2n) is 8.04. The van der Waals surface area contributed by atoms with Gasteiger partial charge in [-0.1, -0.05) is 12.5 Å². The Morgan fingerprint density at radius 2 is 1.96 bits per heavy atom. The number of fused-ring (bicyclic) bond motifs is 1. The highest BCUT2D eigenvalue weighted by Gasteiger charge is 2.30. The van der Waals surface area contributed by atoms with Crippen molar-refractivity contribution in [1.82, 2.24) is 20.1 Å². The van der Waals surface area contributed by atoms with Crippen LogP contribution in [0.5, 0.6) is 0 Å². The molecule has 1 aromatic carbocycles. The van der Waals surface area contributed by atoms with Gasteiger partial charge in [0.15, 0.2) is 5.58 Å². The van der Waals surface area contributed by atoms with Gasteiger partial charge >= 0.3 is 5.76 Å². The van der Waals surface area contributed by atoms with Crippen molar-refractivity contribution >= 4 is 17.0 Å². The summed E-state index contributed by atoms with van der Waals surface area (Å²) in [5.74, 6) is -0.291. The first-order valence-electron chi connectivity index (χ1n) is 10.5. The summed E-state index contributed by atoms with van der Waals surface area (Å²) in [6.45, 7) is 4.11. The number of aromatic nitrogens is 1. The number of hydrogen-bond donors (Lipinski definition) is 2. The molecule has 2 aliphatic heterocycles. The molecular formula is C21H30N4O3. The molecule has 1 atom stereocenters. The van der Waals surface area contributed by atoms with E-state index in [0.717, 1.165) is 31.5 Å². The van der Waals surface area contributed by atoms with E-state index in [2.05, 4.69) is 15.2 Å². The zero-order valence-corrected chi connectivity index (χ0v) is 16.6. The van der Waals surface area contributed by atoms with Crippen LogP contribution in [0.4, 0.5) is 0 Å². The van der Waals surface area contributed by atoms with Crippen molar-refractivity contribution < 1.29 is 9.21 Å². The lowest BCUT2D eigenvalue weighted by Gasteiger charge is -2.41. The van der Waals surface area contributed by atoms with Crippen molar-refractivity contribution in [2.75, 3.05) is 33.2 Å². The molecule has 0 bridgehead atoms. The number of oxazole rings is 1. The Morgan fingerprint density at radius 3 is 2.68 bits per heavy atom. The lowest BCUT2D eigenvalue weighted by molar-refractivity contribution is -0.135. The minimum atomic E-state index is -0.454. The van der Waals surface area contributed by atoms with Gasteiger partial charge in [0.1, 0.15) is 0 Å². The van der Waals surface area contributed by atoms with E-state index in [1.807, 2.05) is 30.1 Å². The SMILES string of the molecule is CN[C@H](Cc1ccc2[nH]c(=O)oc2c1)C(=O)N1CCC(N2CCCCC2)CC1. The highest BCUT2D eigenvalue weighted by atomic mass is 16.4. The number of likely N-dealkylation sites (tertiary alicyclic amines) is 2. The van der Waals surface area contributed by atoms with Crippen molar-refractivity contribution in [2.45, 2.75) is 50.6 Å². The number of likely N-dealkylation sites (N-methyl/N-ethyl adjacent to an activating group) is 1. The second-order valence-corrected chi connectivity index (χ2v) is 8.04. The third kappa shape index (κ3) is 4.15. The topological polar surface area (TPSA) is 81.6 Å². The van der Waals surface area contributed by atoms with E-state index < -0.39 is 5.76 Å². The van der Waals surface area contributed by atoms with Crippen LogP contribution in [0, 0.1) is 0 Å². The largest absolute Gasteiger partial charge is 0.417 e. The molecule has 7 nitrogen and oxygen atoms in total. The number of H-pyrrole nitrogens is 1. The predicted molar refractivity (Wildman–Crippen MR) is 108 cm³/mol. The van der Waals surface area contributed by atoms with Crippen LogP contribution in [0.2, 0.25) is 0 Å². The van der Waals surface area contributed by atoms with Crippen LogP contribution in [0.15, 0.2) is 27.4 Å². The molecule has 3 heterocycles. The molecule has 4 rings (SSSR count). The average molecular weight is 386 g/mol. The zero-order chi connectivity index (χ0) is 19.5. The maximum absolute atomic E-state index is 13.1. The molecule has 0 saturated carbocycles. The third-order valence-corrected chi connectivity index (χ3v) is 6.26. The van der Waals surface area contributed by atoms with Gasteiger partial charge in [-0.2, -0.15) is 0 Å². The highest BCUT2D eigenvalue weighted by Crippen LogP contribution is 2.22. The van der Waals surface area contributed by atoms with E-state index in [-0.39, 0.29) is 11.9 Å². The third-order valence-electron chi connectivity index (χ3n) is 6.26. The van der Waals surface area contributed by atoms with Crippen LogP contribution in [0.25, 0.3) is 11.1 Å². The Morgan fingerprint density at radius 1 is 1.21 bits per heavy atom. The van der Waals surface area contributed by atoms with Gasteiger partial charge in [0.25, 0.3) is 0 Å². The van der Waals surface area contributed by atoms with Crippen LogP contribution in [-0.4, -0.2) is 66.0 Å². The average Bonchev–Trinajstić information content (AvgIpc) is 3.11. The molecule has 1 amide bonds. The molecule has 2 aliphatic rings. The van der Waals surface area contributed by atoms with Crippen molar-refractivity contribution in [1.29, 1.82) is 0 Å². The standard InChI is InChI=1S/C21H30N4O3/c1-22-18(13-15-5-6-17-19(14-15)28-21(27)23-17)20(26)25-11-7-16(8-12-25)24-9-3-2-4-10-24/h5-6,14,16,18,22H,2-4,7-13H2,1H3,(H,23,27)/t18-/m1/s1. The lowest BCUT2D eigenvalue weighted by Crippen LogP contribution is -2.52. The fraction of sp³-hybridized carbons (Fsp3) is 0.619. The summed E-state index contributed by atoms with van der Waals surface area (Å²) in [4.78, 5) is 31.7. The molecule has 2 N–H and O–H groups in total. The Hall–Kier alpha value is -2.12. The Labute approximate surface area is 165 Å². The maximum atomic E-state index is 13.1. The molecule has 0 aliphatic carbocycles. The summed E-state index contributed by atoms with van der Waals surface area (Å²) in [6.07, 6.45) is 6.70. The number of amides is 1. The Balaban J connectivity index is 1.36. The molecule has 2 fully saturated rings. The van der Waals surface area contributed by atoms with Gasteiger partial charge in [-0.05, 0) is 69.9 Å². The fourth-order valence-electron chi connectivity index (χ4n) is 4.62. The molecule has 152 valence electrons.